The maximum absolute atomic E-state index is 11.6. The summed E-state index contributed by atoms with van der Waals surface area (Å²) in [6.45, 7) is 2.86. The lowest BCUT2D eigenvalue weighted by Crippen LogP contribution is -2.34. The van der Waals surface area contributed by atoms with E-state index < -0.39 is 5.60 Å². The molecule has 1 saturated heterocycles. The van der Waals surface area contributed by atoms with Gasteiger partial charge < -0.3 is 14.7 Å². The Morgan fingerprint density at radius 1 is 1.50 bits per heavy atom. The van der Waals surface area contributed by atoms with Crippen molar-refractivity contribution >= 4 is 17.7 Å². The van der Waals surface area contributed by atoms with E-state index in [-0.39, 0.29) is 12.6 Å². The molecule has 0 radical (unpaired) electrons. The molecule has 0 aliphatic carbocycles. The third-order valence-corrected chi connectivity index (χ3v) is 3.41. The Bertz CT molecular complexity index is 434. The zero-order valence-corrected chi connectivity index (χ0v) is 11.0. The van der Waals surface area contributed by atoms with Crippen molar-refractivity contribution in [3.63, 3.8) is 0 Å². The van der Waals surface area contributed by atoms with Crippen molar-refractivity contribution in [1.29, 1.82) is 0 Å². The van der Waals surface area contributed by atoms with Gasteiger partial charge in [0, 0.05) is 11.6 Å². The Balaban J connectivity index is 2.10. The predicted octanol–water partition coefficient (Wildman–Crippen LogP) is 2.39. The molecule has 5 heteroatoms. The Hall–Kier alpha value is -1.26. The molecule has 0 spiro atoms. The first-order chi connectivity index (χ1) is 8.55. The summed E-state index contributed by atoms with van der Waals surface area (Å²) < 4.78 is 4.93. The molecule has 98 valence electrons. The van der Waals surface area contributed by atoms with Crippen LogP contribution in [0.25, 0.3) is 0 Å². The van der Waals surface area contributed by atoms with Crippen molar-refractivity contribution in [3.8, 4) is 0 Å². The van der Waals surface area contributed by atoms with E-state index in [2.05, 4.69) is 0 Å². The lowest BCUT2D eigenvalue weighted by Gasteiger charge is -2.23. The molecule has 1 aromatic rings. The van der Waals surface area contributed by atoms with Crippen LogP contribution < -0.4 is 0 Å². The molecule has 1 amide bonds. The number of carbonyl (C=O) groups is 1. The van der Waals surface area contributed by atoms with E-state index in [4.69, 9.17) is 16.3 Å². The Morgan fingerprint density at radius 3 is 2.78 bits per heavy atom. The average Bonchev–Trinajstić information content (AvgIpc) is 2.74. The molecule has 1 heterocycles. The van der Waals surface area contributed by atoms with Crippen LogP contribution >= 0.6 is 11.6 Å². The number of hydrogen-bond donors (Lipinski definition) is 1. The summed E-state index contributed by atoms with van der Waals surface area (Å²) >= 11 is 5.82. The molecule has 1 N–H and O–H groups in total. The maximum atomic E-state index is 11.6. The second kappa shape index (κ2) is 5.16. The van der Waals surface area contributed by atoms with Gasteiger partial charge in [0.25, 0.3) is 0 Å². The first-order valence-corrected chi connectivity index (χ1v) is 6.33. The molecule has 1 aliphatic rings. The molecule has 0 aromatic heterocycles. The highest BCUT2D eigenvalue weighted by Gasteiger charge is 2.40. The number of amides is 1. The van der Waals surface area contributed by atoms with Crippen molar-refractivity contribution in [2.45, 2.75) is 18.9 Å². The van der Waals surface area contributed by atoms with Gasteiger partial charge in [0.05, 0.1) is 13.2 Å². The Kier molecular flexibility index (Phi) is 3.78. The number of hydrogen-bond acceptors (Lipinski definition) is 3. The van der Waals surface area contributed by atoms with Crippen molar-refractivity contribution in [1.82, 2.24) is 4.90 Å². The van der Waals surface area contributed by atoms with Gasteiger partial charge in [-0.05, 0) is 31.0 Å². The third kappa shape index (κ3) is 2.60. The number of likely N-dealkylation sites (tertiary alicyclic amines) is 1. The highest BCUT2D eigenvalue weighted by Crippen LogP contribution is 2.32. The molecule has 4 nitrogen and oxygen atoms in total. The summed E-state index contributed by atoms with van der Waals surface area (Å²) in [4.78, 5) is 13.1. The molecule has 0 saturated carbocycles. The van der Waals surface area contributed by atoms with Gasteiger partial charge in [-0.25, -0.2) is 4.79 Å². The van der Waals surface area contributed by atoms with Crippen LogP contribution in [0.4, 0.5) is 4.79 Å². The number of nitrogens with zero attached hydrogens (tertiary/aromatic N) is 1. The number of benzene rings is 1. The number of ether oxygens (including phenoxy) is 1. The number of β-amino-alcohol motifs (C(OH)–C–C–N with tert-alkyl or cyclic N) is 1. The quantitative estimate of drug-likeness (QED) is 0.897. The summed E-state index contributed by atoms with van der Waals surface area (Å²) in [6, 6.07) is 7.05. The predicted molar refractivity (Wildman–Crippen MR) is 68.6 cm³/mol. The van der Waals surface area contributed by atoms with Crippen molar-refractivity contribution in [2.24, 2.45) is 0 Å². The van der Waals surface area contributed by atoms with Gasteiger partial charge in [0.2, 0.25) is 0 Å². The van der Waals surface area contributed by atoms with Crippen LogP contribution in [0.1, 0.15) is 18.9 Å². The van der Waals surface area contributed by atoms with E-state index in [1.54, 1.807) is 31.2 Å². The van der Waals surface area contributed by atoms with Gasteiger partial charge >= 0.3 is 6.09 Å². The third-order valence-electron chi connectivity index (χ3n) is 3.16. The van der Waals surface area contributed by atoms with Gasteiger partial charge in [0.15, 0.2) is 0 Å². The van der Waals surface area contributed by atoms with E-state index in [0.717, 1.165) is 5.56 Å². The summed E-state index contributed by atoms with van der Waals surface area (Å²) in [7, 11) is 0. The molecule has 1 atom stereocenters. The number of halogens is 1. The molecule has 2 rings (SSSR count). The summed E-state index contributed by atoms with van der Waals surface area (Å²) in [5.74, 6) is 0. The van der Waals surface area contributed by atoms with Gasteiger partial charge in [-0.2, -0.15) is 0 Å². The molecule has 0 bridgehead atoms. The zero-order chi connectivity index (χ0) is 13.2. The van der Waals surface area contributed by atoms with Gasteiger partial charge in [-0.3, -0.25) is 0 Å². The summed E-state index contributed by atoms with van der Waals surface area (Å²) in [5.41, 5.74) is -0.226. The lowest BCUT2D eigenvalue weighted by molar-refractivity contribution is 0.0423. The van der Waals surface area contributed by atoms with Crippen molar-refractivity contribution < 1.29 is 14.6 Å². The van der Waals surface area contributed by atoms with Gasteiger partial charge in [0.1, 0.15) is 5.60 Å². The molecule has 1 fully saturated rings. The molecule has 1 unspecified atom stereocenters. The highest BCUT2D eigenvalue weighted by atomic mass is 35.5. The number of carbonyl (C=O) groups excluding carboxylic acids is 1. The fourth-order valence-electron chi connectivity index (χ4n) is 2.16. The monoisotopic (exact) mass is 269 g/mol. The Labute approximate surface area is 111 Å². The first-order valence-electron chi connectivity index (χ1n) is 5.95. The largest absolute Gasteiger partial charge is 0.450 e. The van der Waals surface area contributed by atoms with E-state index in [0.29, 0.717) is 24.6 Å². The first kappa shape index (κ1) is 13.2. The van der Waals surface area contributed by atoms with Crippen LogP contribution in [0, 0.1) is 0 Å². The fourth-order valence-corrected chi connectivity index (χ4v) is 2.29. The van der Waals surface area contributed by atoms with Crippen molar-refractivity contribution in [3.05, 3.63) is 34.9 Å². The molecule has 18 heavy (non-hydrogen) atoms. The van der Waals surface area contributed by atoms with E-state index in [9.17, 15) is 9.90 Å². The van der Waals surface area contributed by atoms with Crippen LogP contribution in [0.3, 0.4) is 0 Å². The zero-order valence-electron chi connectivity index (χ0n) is 10.2. The van der Waals surface area contributed by atoms with Crippen LogP contribution in [0.2, 0.25) is 5.02 Å². The Morgan fingerprint density at radius 2 is 2.17 bits per heavy atom. The minimum absolute atomic E-state index is 0.257. The summed E-state index contributed by atoms with van der Waals surface area (Å²) in [6.07, 6.45) is 0.135. The van der Waals surface area contributed by atoms with Crippen LogP contribution in [0.15, 0.2) is 24.3 Å². The minimum atomic E-state index is -1.00. The molecule has 1 aliphatic heterocycles. The van der Waals surface area contributed by atoms with Crippen LogP contribution in [-0.4, -0.2) is 35.8 Å². The van der Waals surface area contributed by atoms with Crippen LogP contribution in [0.5, 0.6) is 0 Å². The highest BCUT2D eigenvalue weighted by molar-refractivity contribution is 6.30. The topological polar surface area (TPSA) is 49.8 Å². The second-order valence-electron chi connectivity index (χ2n) is 4.41. The smallest absolute Gasteiger partial charge is 0.409 e. The van der Waals surface area contributed by atoms with Gasteiger partial charge in [-0.15, -0.1) is 0 Å². The average molecular weight is 270 g/mol. The van der Waals surface area contributed by atoms with E-state index in [1.807, 2.05) is 0 Å². The van der Waals surface area contributed by atoms with Gasteiger partial charge in [-0.1, -0.05) is 23.7 Å². The van der Waals surface area contributed by atoms with E-state index in [1.165, 1.54) is 4.90 Å². The van der Waals surface area contributed by atoms with Crippen LogP contribution in [-0.2, 0) is 10.3 Å². The van der Waals surface area contributed by atoms with E-state index >= 15 is 0 Å². The minimum Gasteiger partial charge on any atom is -0.450 e. The molecular weight excluding hydrogens is 254 g/mol. The summed E-state index contributed by atoms with van der Waals surface area (Å²) in [5, 5.41) is 11.2. The molecular formula is C13H16ClNO3. The fraction of sp³-hybridized carbons (Fsp3) is 0.462. The molecule has 1 aromatic carbocycles. The van der Waals surface area contributed by atoms with Crippen molar-refractivity contribution in [2.75, 3.05) is 19.7 Å². The SMILES string of the molecule is CCOC(=O)N1CCC(O)(c2ccc(Cl)cc2)C1. The standard InChI is InChI=1S/C13H16ClNO3/c1-2-18-12(16)15-8-7-13(17,9-15)10-3-5-11(14)6-4-10/h3-6,17H,2,7-9H2,1H3. The number of rotatable bonds is 2. The maximum Gasteiger partial charge on any atom is 0.409 e. The number of aliphatic hydroxyl groups is 1. The lowest BCUT2D eigenvalue weighted by atomic mass is 9.93. The normalized spacial score (nSPS) is 23.2. The second-order valence-corrected chi connectivity index (χ2v) is 4.85.